The number of alkyl carbamates (subject to hydrolysis) is 1. The lowest BCUT2D eigenvalue weighted by Crippen LogP contribution is -2.42. The van der Waals surface area contributed by atoms with Gasteiger partial charge in [-0.25, -0.2) is 13.2 Å². The number of benzene rings is 2. The van der Waals surface area contributed by atoms with Gasteiger partial charge in [0.1, 0.15) is 5.60 Å². The summed E-state index contributed by atoms with van der Waals surface area (Å²) in [6.07, 6.45) is 1.75. The highest BCUT2D eigenvalue weighted by atomic mass is 32.2. The molecule has 0 saturated heterocycles. The first-order chi connectivity index (χ1) is 14.6. The van der Waals surface area contributed by atoms with E-state index < -0.39 is 26.8 Å². The summed E-state index contributed by atoms with van der Waals surface area (Å²) in [6, 6.07) is 16.1. The number of rotatable bonds is 4. The lowest BCUT2D eigenvalue weighted by molar-refractivity contribution is 0.0493. The summed E-state index contributed by atoms with van der Waals surface area (Å²) < 4.78 is 31.5. The molecule has 1 fully saturated rings. The van der Waals surface area contributed by atoms with Gasteiger partial charge >= 0.3 is 6.09 Å². The molecule has 1 aliphatic carbocycles. The van der Waals surface area contributed by atoms with Crippen LogP contribution in [0, 0.1) is 11.3 Å². The van der Waals surface area contributed by atoms with Gasteiger partial charge in [0.05, 0.1) is 21.8 Å². The van der Waals surface area contributed by atoms with Gasteiger partial charge in [-0.3, -0.25) is 0 Å². The SMILES string of the molecule is CC(C)(C)OC(=O)N[C@H]1CC[C@H](S(=O)(=O)c2ccc(-c3ccc(C#N)cc3)cc2)CC1. The third-order valence-corrected chi connectivity index (χ3v) is 7.64. The minimum absolute atomic E-state index is 0.0694. The maximum atomic E-state index is 13.1. The molecule has 0 heterocycles. The van der Waals surface area contributed by atoms with Crippen LogP contribution in [0.4, 0.5) is 4.79 Å². The second-order valence-electron chi connectivity index (χ2n) is 8.88. The van der Waals surface area contributed by atoms with Gasteiger partial charge in [-0.15, -0.1) is 0 Å². The molecule has 6 nitrogen and oxygen atoms in total. The third-order valence-electron chi connectivity index (χ3n) is 5.36. The van der Waals surface area contributed by atoms with Gasteiger partial charge in [-0.2, -0.15) is 5.26 Å². The van der Waals surface area contributed by atoms with Crippen LogP contribution in [0.15, 0.2) is 53.4 Å². The molecule has 31 heavy (non-hydrogen) atoms. The fraction of sp³-hybridized carbons (Fsp3) is 0.417. The van der Waals surface area contributed by atoms with E-state index in [0.717, 1.165) is 11.1 Å². The van der Waals surface area contributed by atoms with Crippen LogP contribution in [-0.4, -0.2) is 31.4 Å². The summed E-state index contributed by atoms with van der Waals surface area (Å²) in [5.74, 6) is 0. The van der Waals surface area contributed by atoms with Crippen molar-refractivity contribution in [2.24, 2.45) is 0 Å². The topological polar surface area (TPSA) is 96.3 Å². The number of nitriles is 1. The number of nitrogens with one attached hydrogen (secondary N) is 1. The molecule has 3 rings (SSSR count). The molecule has 7 heteroatoms. The third kappa shape index (κ3) is 5.86. The highest BCUT2D eigenvalue weighted by Gasteiger charge is 2.33. The molecule has 0 radical (unpaired) electrons. The fourth-order valence-electron chi connectivity index (χ4n) is 3.76. The first-order valence-corrected chi connectivity index (χ1v) is 12.0. The summed E-state index contributed by atoms with van der Waals surface area (Å²) in [4.78, 5) is 12.3. The van der Waals surface area contributed by atoms with Crippen molar-refractivity contribution >= 4 is 15.9 Å². The van der Waals surface area contributed by atoms with E-state index >= 15 is 0 Å². The standard InChI is InChI=1S/C24H28N2O4S/c1-24(2,3)30-23(27)26-20-10-14-22(15-11-20)31(28,29)21-12-8-19(9-13-21)18-6-4-17(16-25)5-7-18/h4-9,12-13,20,22H,10-11,14-15H2,1-3H3,(H,26,27)/t20-,22-. The Kier molecular flexibility index (Phi) is 6.71. The lowest BCUT2D eigenvalue weighted by atomic mass is 9.95. The summed E-state index contributed by atoms with van der Waals surface area (Å²) in [5.41, 5.74) is 1.85. The Morgan fingerprint density at radius 2 is 1.48 bits per heavy atom. The maximum absolute atomic E-state index is 13.1. The van der Waals surface area contributed by atoms with Crippen molar-refractivity contribution in [3.8, 4) is 17.2 Å². The van der Waals surface area contributed by atoms with E-state index in [1.54, 1.807) is 36.4 Å². The first-order valence-electron chi connectivity index (χ1n) is 10.4. The van der Waals surface area contributed by atoms with Gasteiger partial charge in [0.2, 0.25) is 0 Å². The number of hydrogen-bond donors (Lipinski definition) is 1. The summed E-state index contributed by atoms with van der Waals surface area (Å²) in [6.45, 7) is 5.42. The van der Waals surface area contributed by atoms with Crippen LogP contribution >= 0.6 is 0 Å². The molecule has 2 aromatic rings. The number of ether oxygens (including phenoxy) is 1. The normalized spacial score (nSPS) is 19.3. The van der Waals surface area contributed by atoms with Gasteiger partial charge in [-0.1, -0.05) is 24.3 Å². The van der Waals surface area contributed by atoms with Crippen molar-refractivity contribution in [3.05, 3.63) is 54.1 Å². The number of sulfone groups is 1. The van der Waals surface area contributed by atoms with Crippen LogP contribution in [0.3, 0.4) is 0 Å². The van der Waals surface area contributed by atoms with E-state index in [4.69, 9.17) is 10.00 Å². The van der Waals surface area contributed by atoms with Crippen LogP contribution in [0.2, 0.25) is 0 Å². The molecule has 0 aliphatic heterocycles. The summed E-state index contributed by atoms with van der Waals surface area (Å²) >= 11 is 0. The number of carbonyl (C=O) groups is 1. The molecule has 1 aliphatic rings. The van der Waals surface area contributed by atoms with Gasteiger partial charge < -0.3 is 10.1 Å². The van der Waals surface area contributed by atoms with E-state index in [9.17, 15) is 13.2 Å². The van der Waals surface area contributed by atoms with Crippen LogP contribution in [0.1, 0.15) is 52.0 Å². The molecule has 2 aromatic carbocycles. The van der Waals surface area contributed by atoms with Crippen molar-refractivity contribution in [2.75, 3.05) is 0 Å². The van der Waals surface area contributed by atoms with Crippen LogP contribution in [-0.2, 0) is 14.6 Å². The van der Waals surface area contributed by atoms with Gasteiger partial charge in [-0.05, 0) is 81.8 Å². The smallest absolute Gasteiger partial charge is 0.407 e. The maximum Gasteiger partial charge on any atom is 0.407 e. The average Bonchev–Trinajstić information content (AvgIpc) is 2.73. The van der Waals surface area contributed by atoms with E-state index in [0.29, 0.717) is 36.1 Å². The summed E-state index contributed by atoms with van der Waals surface area (Å²) in [7, 11) is -3.44. The Bertz CT molecular complexity index is 1050. The van der Waals surface area contributed by atoms with E-state index in [1.807, 2.05) is 32.9 Å². The van der Waals surface area contributed by atoms with Crippen LogP contribution in [0.25, 0.3) is 11.1 Å². The van der Waals surface area contributed by atoms with Crippen LogP contribution < -0.4 is 5.32 Å². The first kappa shape index (κ1) is 22.8. The molecule has 164 valence electrons. The second-order valence-corrected chi connectivity index (χ2v) is 11.1. The van der Waals surface area contributed by atoms with Crippen LogP contribution in [0.5, 0.6) is 0 Å². The van der Waals surface area contributed by atoms with Crippen molar-refractivity contribution in [1.29, 1.82) is 5.26 Å². The van der Waals surface area contributed by atoms with Crippen molar-refractivity contribution in [2.45, 2.75) is 68.2 Å². The number of carbonyl (C=O) groups excluding carboxylic acids is 1. The molecule has 0 atom stereocenters. The molecule has 1 amide bonds. The summed E-state index contributed by atoms with van der Waals surface area (Å²) in [5, 5.41) is 11.3. The predicted molar refractivity (Wildman–Crippen MR) is 119 cm³/mol. The molecule has 0 spiro atoms. The molecule has 1 N–H and O–H groups in total. The molecular formula is C24H28N2O4S. The number of hydrogen-bond acceptors (Lipinski definition) is 5. The zero-order valence-corrected chi connectivity index (χ0v) is 18.9. The highest BCUT2D eigenvalue weighted by molar-refractivity contribution is 7.92. The number of amides is 1. The minimum atomic E-state index is -3.44. The Morgan fingerprint density at radius 3 is 1.97 bits per heavy atom. The average molecular weight is 441 g/mol. The zero-order chi connectivity index (χ0) is 22.6. The zero-order valence-electron chi connectivity index (χ0n) is 18.1. The Hall–Kier alpha value is -2.85. The lowest BCUT2D eigenvalue weighted by Gasteiger charge is -2.30. The van der Waals surface area contributed by atoms with Crippen molar-refractivity contribution in [1.82, 2.24) is 5.32 Å². The molecular weight excluding hydrogens is 412 g/mol. The molecule has 0 aromatic heterocycles. The quantitative estimate of drug-likeness (QED) is 0.734. The van der Waals surface area contributed by atoms with Crippen molar-refractivity contribution < 1.29 is 17.9 Å². The highest BCUT2D eigenvalue weighted by Crippen LogP contribution is 2.30. The Morgan fingerprint density at radius 1 is 0.968 bits per heavy atom. The molecule has 0 bridgehead atoms. The molecule has 0 unspecified atom stereocenters. The van der Waals surface area contributed by atoms with Gasteiger partial charge in [0.15, 0.2) is 9.84 Å². The van der Waals surface area contributed by atoms with E-state index in [1.165, 1.54) is 0 Å². The van der Waals surface area contributed by atoms with Crippen molar-refractivity contribution in [3.63, 3.8) is 0 Å². The van der Waals surface area contributed by atoms with E-state index in [2.05, 4.69) is 11.4 Å². The van der Waals surface area contributed by atoms with Gasteiger partial charge in [0, 0.05) is 6.04 Å². The second kappa shape index (κ2) is 9.11. The Balaban J connectivity index is 1.62. The molecule has 1 saturated carbocycles. The minimum Gasteiger partial charge on any atom is -0.444 e. The predicted octanol–water partition coefficient (Wildman–Crippen LogP) is 4.83. The van der Waals surface area contributed by atoms with Gasteiger partial charge in [0.25, 0.3) is 0 Å². The number of nitrogens with zero attached hydrogens (tertiary/aromatic N) is 1. The Labute approximate surface area is 184 Å². The largest absolute Gasteiger partial charge is 0.444 e. The monoisotopic (exact) mass is 440 g/mol. The van der Waals surface area contributed by atoms with E-state index in [-0.39, 0.29) is 6.04 Å². The fourth-order valence-corrected chi connectivity index (χ4v) is 5.55.